The lowest BCUT2D eigenvalue weighted by Gasteiger charge is -2.27. The van der Waals surface area contributed by atoms with Crippen LogP contribution in [0, 0.1) is 10.1 Å². The molecule has 0 spiro atoms. The standard InChI is InChI=1S/C3H6N2O3/c4-3(5(6)7)1-2-8-3/h1-2,4H2. The molecule has 1 rings (SSSR count). The van der Waals surface area contributed by atoms with E-state index < -0.39 is 10.8 Å². The molecule has 0 radical (unpaired) electrons. The van der Waals surface area contributed by atoms with E-state index in [2.05, 4.69) is 4.74 Å². The highest BCUT2D eigenvalue weighted by Crippen LogP contribution is 2.19. The fourth-order valence-corrected chi connectivity index (χ4v) is 0.455. The normalized spacial score (nSPS) is 36.1. The Kier molecular flexibility index (Phi) is 0.952. The number of nitrogens with zero attached hydrogens (tertiary/aromatic N) is 1. The molecule has 0 aromatic carbocycles. The summed E-state index contributed by atoms with van der Waals surface area (Å²) >= 11 is 0. The molecule has 1 atom stereocenters. The van der Waals surface area contributed by atoms with Gasteiger partial charge >= 0.3 is 5.85 Å². The number of hydrogen-bond donors (Lipinski definition) is 1. The zero-order chi connectivity index (χ0) is 6.20. The van der Waals surface area contributed by atoms with Gasteiger partial charge in [0.15, 0.2) is 0 Å². The highest BCUT2D eigenvalue weighted by Gasteiger charge is 2.46. The molecular formula is C3H6N2O3. The predicted octanol–water partition coefficient (Wildman–Crippen LogP) is -0.704. The summed E-state index contributed by atoms with van der Waals surface area (Å²) in [4.78, 5) is 9.24. The number of nitro groups is 1. The molecule has 0 aromatic rings. The van der Waals surface area contributed by atoms with Gasteiger partial charge in [-0.25, -0.2) is 5.73 Å². The zero-order valence-electron chi connectivity index (χ0n) is 4.16. The summed E-state index contributed by atoms with van der Waals surface area (Å²) in [7, 11) is 0. The van der Waals surface area contributed by atoms with Crippen LogP contribution in [0.3, 0.4) is 0 Å². The quantitative estimate of drug-likeness (QED) is 0.280. The summed E-state index contributed by atoms with van der Waals surface area (Å²) in [6.45, 7) is 0.400. The molecule has 8 heavy (non-hydrogen) atoms. The van der Waals surface area contributed by atoms with Gasteiger partial charge in [0, 0.05) is 0 Å². The average molecular weight is 118 g/mol. The van der Waals surface area contributed by atoms with Gasteiger partial charge in [-0.05, 0) is 0 Å². The van der Waals surface area contributed by atoms with Crippen LogP contribution in [-0.4, -0.2) is 17.4 Å². The third kappa shape index (κ3) is 0.560. The summed E-state index contributed by atoms with van der Waals surface area (Å²) in [5.74, 6) is -1.56. The molecule has 5 nitrogen and oxygen atoms in total. The molecule has 1 aliphatic heterocycles. The maximum atomic E-state index is 9.86. The topological polar surface area (TPSA) is 78.4 Å². The Balaban J connectivity index is 2.53. The van der Waals surface area contributed by atoms with Crippen molar-refractivity contribution in [2.75, 3.05) is 6.61 Å². The minimum atomic E-state index is -1.56. The van der Waals surface area contributed by atoms with Gasteiger partial charge in [-0.3, -0.25) is 10.1 Å². The van der Waals surface area contributed by atoms with Crippen molar-refractivity contribution in [3.05, 3.63) is 10.1 Å². The van der Waals surface area contributed by atoms with E-state index in [1.54, 1.807) is 0 Å². The first-order valence-corrected chi connectivity index (χ1v) is 2.22. The first kappa shape index (κ1) is 5.46. The lowest BCUT2D eigenvalue weighted by atomic mass is 10.2. The van der Waals surface area contributed by atoms with Crippen LogP contribution in [0.5, 0.6) is 0 Å². The monoisotopic (exact) mass is 118 g/mol. The molecule has 2 N–H and O–H groups in total. The Bertz CT molecular complexity index is 120. The average Bonchev–Trinajstić information content (AvgIpc) is 1.60. The summed E-state index contributed by atoms with van der Waals surface area (Å²) in [6.07, 6.45) is 0.319. The van der Waals surface area contributed by atoms with Crippen LogP contribution in [0.15, 0.2) is 0 Å². The molecule has 1 heterocycles. The molecule has 1 saturated heterocycles. The van der Waals surface area contributed by atoms with Crippen LogP contribution < -0.4 is 5.73 Å². The van der Waals surface area contributed by atoms with E-state index in [0.717, 1.165) is 0 Å². The van der Waals surface area contributed by atoms with Crippen molar-refractivity contribution in [2.24, 2.45) is 5.73 Å². The van der Waals surface area contributed by atoms with Crippen molar-refractivity contribution in [1.82, 2.24) is 0 Å². The van der Waals surface area contributed by atoms with Crippen molar-refractivity contribution in [2.45, 2.75) is 12.3 Å². The van der Waals surface area contributed by atoms with Gasteiger partial charge in [-0.15, -0.1) is 0 Å². The summed E-state index contributed by atoms with van der Waals surface area (Å²) in [5, 5.41) is 9.86. The molecule has 0 bridgehead atoms. The largest absolute Gasteiger partial charge is 0.385 e. The molecule has 0 saturated carbocycles. The number of nitrogens with two attached hydrogens (primary N) is 1. The third-order valence-corrected chi connectivity index (χ3v) is 1.12. The molecule has 1 unspecified atom stereocenters. The second-order valence-corrected chi connectivity index (χ2v) is 1.70. The van der Waals surface area contributed by atoms with E-state index in [0.29, 0.717) is 13.0 Å². The number of ether oxygens (including phenoxy) is 1. The SMILES string of the molecule is NC1([N+](=O)[O-])CCO1. The van der Waals surface area contributed by atoms with Crippen molar-refractivity contribution in [3.8, 4) is 0 Å². The predicted molar refractivity (Wildman–Crippen MR) is 24.5 cm³/mol. The van der Waals surface area contributed by atoms with Gasteiger partial charge in [0.25, 0.3) is 0 Å². The van der Waals surface area contributed by atoms with Gasteiger partial charge in [0.05, 0.1) is 18.0 Å². The first-order chi connectivity index (χ1) is 3.65. The Morgan fingerprint density at radius 3 is 2.38 bits per heavy atom. The summed E-state index contributed by atoms with van der Waals surface area (Å²) in [6, 6.07) is 0. The molecule has 0 aromatic heterocycles. The van der Waals surface area contributed by atoms with Gasteiger partial charge in [0.1, 0.15) is 0 Å². The van der Waals surface area contributed by atoms with Crippen LogP contribution in [0.4, 0.5) is 0 Å². The van der Waals surface area contributed by atoms with Crippen molar-refractivity contribution >= 4 is 0 Å². The van der Waals surface area contributed by atoms with E-state index in [-0.39, 0.29) is 0 Å². The minimum absolute atomic E-state index is 0.319. The molecule has 46 valence electrons. The van der Waals surface area contributed by atoms with E-state index in [9.17, 15) is 10.1 Å². The smallest absolute Gasteiger partial charge is 0.301 e. The molecule has 0 aliphatic carbocycles. The van der Waals surface area contributed by atoms with Gasteiger partial charge in [0.2, 0.25) is 0 Å². The minimum Gasteiger partial charge on any atom is -0.301 e. The Hall–Kier alpha value is -0.680. The van der Waals surface area contributed by atoms with Crippen LogP contribution in [0.1, 0.15) is 6.42 Å². The molecule has 5 heteroatoms. The van der Waals surface area contributed by atoms with Crippen molar-refractivity contribution in [1.29, 1.82) is 0 Å². The number of hydrogen-bond acceptors (Lipinski definition) is 4. The molecule has 0 amide bonds. The molecule has 1 fully saturated rings. The molecular weight excluding hydrogens is 112 g/mol. The Labute approximate surface area is 45.6 Å². The fraction of sp³-hybridized carbons (Fsp3) is 1.00. The van der Waals surface area contributed by atoms with E-state index in [1.807, 2.05) is 0 Å². The zero-order valence-corrected chi connectivity index (χ0v) is 4.16. The summed E-state index contributed by atoms with van der Waals surface area (Å²) < 4.78 is 4.46. The lowest BCUT2D eigenvalue weighted by Crippen LogP contribution is -2.58. The van der Waals surface area contributed by atoms with Crippen molar-refractivity contribution in [3.63, 3.8) is 0 Å². The number of rotatable bonds is 1. The maximum Gasteiger partial charge on any atom is 0.385 e. The maximum absolute atomic E-state index is 9.86. The first-order valence-electron chi connectivity index (χ1n) is 2.22. The van der Waals surface area contributed by atoms with Gasteiger partial charge in [-0.1, -0.05) is 0 Å². The van der Waals surface area contributed by atoms with Crippen LogP contribution in [0.25, 0.3) is 0 Å². The van der Waals surface area contributed by atoms with Crippen molar-refractivity contribution < 1.29 is 9.66 Å². The van der Waals surface area contributed by atoms with E-state index >= 15 is 0 Å². The second-order valence-electron chi connectivity index (χ2n) is 1.70. The molecule has 1 aliphatic rings. The fourth-order valence-electron chi connectivity index (χ4n) is 0.455. The Morgan fingerprint density at radius 2 is 2.38 bits per heavy atom. The summed E-state index contributed by atoms with van der Waals surface area (Å²) in [5.41, 5.74) is 5.02. The van der Waals surface area contributed by atoms with Gasteiger partial charge < -0.3 is 4.74 Å². The highest BCUT2D eigenvalue weighted by molar-refractivity contribution is 4.67. The highest BCUT2D eigenvalue weighted by atomic mass is 16.7. The van der Waals surface area contributed by atoms with E-state index in [4.69, 9.17) is 5.73 Å². The van der Waals surface area contributed by atoms with Crippen LogP contribution >= 0.6 is 0 Å². The Morgan fingerprint density at radius 1 is 1.88 bits per heavy atom. The van der Waals surface area contributed by atoms with Gasteiger partial charge in [-0.2, -0.15) is 0 Å². The lowest BCUT2D eigenvalue weighted by molar-refractivity contribution is -0.655. The second kappa shape index (κ2) is 1.40. The van der Waals surface area contributed by atoms with E-state index in [1.165, 1.54) is 0 Å². The van der Waals surface area contributed by atoms with Crippen LogP contribution in [-0.2, 0) is 4.74 Å². The van der Waals surface area contributed by atoms with Crippen LogP contribution in [0.2, 0.25) is 0 Å². The third-order valence-electron chi connectivity index (χ3n) is 1.12.